The number of carboxylic acid groups (broad SMARTS) is 1. The first-order valence-electron chi connectivity index (χ1n) is 5.50. The fourth-order valence-corrected chi connectivity index (χ4v) is 1.75. The lowest BCUT2D eigenvalue weighted by Gasteiger charge is -2.11. The minimum Gasteiger partial charge on any atom is -0.490 e. The molecule has 0 aliphatic heterocycles. The molecule has 0 spiro atoms. The summed E-state index contributed by atoms with van der Waals surface area (Å²) in [4.78, 5) is 21.9. The number of carbonyl (C=O) groups is 2. The van der Waals surface area contributed by atoms with E-state index in [-0.39, 0.29) is 13.0 Å². The third-order valence-corrected chi connectivity index (χ3v) is 2.84. The first-order valence-corrected chi connectivity index (χ1v) is 6.26. The maximum atomic E-state index is 11.4. The molecule has 0 bridgehead atoms. The number of aliphatic carboxylic acids is 1. The third kappa shape index (κ3) is 4.96. The number of benzene rings is 1. The highest BCUT2D eigenvalue weighted by Gasteiger charge is 2.14. The lowest BCUT2D eigenvalue weighted by Crippen LogP contribution is -2.38. The fourth-order valence-electron chi connectivity index (χ4n) is 1.24. The van der Waals surface area contributed by atoms with Crippen LogP contribution < -0.4 is 10.1 Å². The minimum absolute atomic E-state index is 0.0131. The summed E-state index contributed by atoms with van der Waals surface area (Å²) in [6, 6.07) is 3.99. The molecule has 0 fully saturated rings. The maximum Gasteiger partial charge on any atom is 0.325 e. The Morgan fingerprint density at radius 3 is 2.47 bits per heavy atom. The van der Waals surface area contributed by atoms with Crippen molar-refractivity contribution in [3.8, 4) is 5.75 Å². The predicted octanol–water partition coefficient (Wildman–Crippen LogP) is 2.35. The van der Waals surface area contributed by atoms with E-state index in [0.717, 1.165) is 0 Å². The Balaban J connectivity index is 2.42. The van der Waals surface area contributed by atoms with E-state index < -0.39 is 17.9 Å². The molecule has 104 valence electrons. The summed E-state index contributed by atoms with van der Waals surface area (Å²) in [7, 11) is 0. The summed E-state index contributed by atoms with van der Waals surface area (Å²) in [5, 5.41) is 11.6. The van der Waals surface area contributed by atoms with Crippen LogP contribution in [0.4, 0.5) is 0 Å². The molecule has 7 heteroatoms. The summed E-state index contributed by atoms with van der Waals surface area (Å²) >= 11 is 11.8. The predicted molar refractivity (Wildman–Crippen MR) is 71.8 cm³/mol. The summed E-state index contributed by atoms with van der Waals surface area (Å²) in [5.74, 6) is -1.20. The molecule has 0 saturated heterocycles. The largest absolute Gasteiger partial charge is 0.490 e. The van der Waals surface area contributed by atoms with Gasteiger partial charge in [0.05, 0.1) is 23.1 Å². The van der Waals surface area contributed by atoms with Crippen molar-refractivity contribution in [3.63, 3.8) is 0 Å². The zero-order chi connectivity index (χ0) is 14.4. The van der Waals surface area contributed by atoms with Crippen LogP contribution in [0.2, 0.25) is 10.0 Å². The minimum atomic E-state index is -1.09. The average Bonchev–Trinajstić information content (AvgIpc) is 2.32. The second-order valence-electron chi connectivity index (χ2n) is 3.78. The molecular weight excluding hydrogens is 293 g/mol. The van der Waals surface area contributed by atoms with Gasteiger partial charge in [0.25, 0.3) is 0 Å². The fraction of sp³-hybridized carbons (Fsp3) is 0.333. The SMILES string of the molecule is CC(NC(=O)CCOc1c(Cl)cccc1Cl)C(=O)O. The number of nitrogens with one attached hydrogen (secondary N) is 1. The van der Waals surface area contributed by atoms with Crippen LogP contribution in [0.3, 0.4) is 0 Å². The first-order chi connectivity index (χ1) is 8.91. The van der Waals surface area contributed by atoms with Crippen molar-refractivity contribution in [2.24, 2.45) is 0 Å². The van der Waals surface area contributed by atoms with E-state index in [1.165, 1.54) is 6.92 Å². The molecule has 0 aromatic heterocycles. The molecule has 0 radical (unpaired) electrons. The smallest absolute Gasteiger partial charge is 0.325 e. The van der Waals surface area contributed by atoms with E-state index in [2.05, 4.69) is 5.32 Å². The molecule has 5 nitrogen and oxygen atoms in total. The van der Waals surface area contributed by atoms with Crippen LogP contribution in [0.15, 0.2) is 18.2 Å². The Hall–Kier alpha value is -1.46. The highest BCUT2D eigenvalue weighted by Crippen LogP contribution is 2.32. The number of halogens is 2. The summed E-state index contributed by atoms with van der Waals surface area (Å²) in [6.45, 7) is 1.44. The van der Waals surface area contributed by atoms with E-state index in [4.69, 9.17) is 33.0 Å². The molecule has 0 aliphatic carbocycles. The zero-order valence-corrected chi connectivity index (χ0v) is 11.7. The monoisotopic (exact) mass is 305 g/mol. The van der Waals surface area contributed by atoms with Crippen molar-refractivity contribution in [1.82, 2.24) is 5.32 Å². The lowest BCUT2D eigenvalue weighted by molar-refractivity contribution is -0.141. The van der Waals surface area contributed by atoms with Crippen LogP contribution in [0.25, 0.3) is 0 Å². The van der Waals surface area contributed by atoms with Gasteiger partial charge in [0, 0.05) is 0 Å². The molecule has 1 atom stereocenters. The third-order valence-electron chi connectivity index (χ3n) is 2.24. The molecule has 19 heavy (non-hydrogen) atoms. The van der Waals surface area contributed by atoms with Crippen molar-refractivity contribution in [1.29, 1.82) is 0 Å². The molecule has 0 aliphatic rings. The normalized spacial score (nSPS) is 11.7. The van der Waals surface area contributed by atoms with Gasteiger partial charge in [0.1, 0.15) is 6.04 Å². The van der Waals surface area contributed by atoms with E-state index in [1.54, 1.807) is 18.2 Å². The van der Waals surface area contributed by atoms with Crippen LogP contribution in [0.1, 0.15) is 13.3 Å². The summed E-state index contributed by atoms with van der Waals surface area (Å²) in [5.41, 5.74) is 0. The lowest BCUT2D eigenvalue weighted by atomic mass is 10.3. The molecule has 0 heterocycles. The number of carbonyl (C=O) groups excluding carboxylic acids is 1. The molecule has 2 N–H and O–H groups in total. The Morgan fingerprint density at radius 1 is 1.37 bits per heavy atom. The average molecular weight is 306 g/mol. The molecule has 0 saturated carbocycles. The number of hydrogen-bond donors (Lipinski definition) is 2. The second-order valence-corrected chi connectivity index (χ2v) is 4.59. The van der Waals surface area contributed by atoms with Crippen LogP contribution in [0, 0.1) is 0 Å². The first kappa shape index (κ1) is 15.6. The molecular formula is C12H13Cl2NO4. The van der Waals surface area contributed by atoms with Gasteiger partial charge in [-0.15, -0.1) is 0 Å². The van der Waals surface area contributed by atoms with Crippen molar-refractivity contribution < 1.29 is 19.4 Å². The van der Waals surface area contributed by atoms with Crippen LogP contribution in [-0.2, 0) is 9.59 Å². The van der Waals surface area contributed by atoms with Gasteiger partial charge in [0.15, 0.2) is 5.75 Å². The second kappa shape index (κ2) is 7.21. The number of para-hydroxylation sites is 1. The van der Waals surface area contributed by atoms with Crippen LogP contribution >= 0.6 is 23.2 Å². The Kier molecular flexibility index (Phi) is 5.92. The number of hydrogen-bond acceptors (Lipinski definition) is 3. The van der Waals surface area contributed by atoms with Crippen molar-refractivity contribution in [2.45, 2.75) is 19.4 Å². The van der Waals surface area contributed by atoms with E-state index >= 15 is 0 Å². The quantitative estimate of drug-likeness (QED) is 0.846. The summed E-state index contributed by atoms with van der Waals surface area (Å²) in [6.07, 6.45) is 0.0131. The number of ether oxygens (including phenoxy) is 1. The van der Waals surface area contributed by atoms with Gasteiger partial charge in [0.2, 0.25) is 5.91 Å². The maximum absolute atomic E-state index is 11.4. The van der Waals surface area contributed by atoms with Crippen molar-refractivity contribution >= 4 is 35.1 Å². The molecule has 1 unspecified atom stereocenters. The van der Waals surface area contributed by atoms with Gasteiger partial charge in [-0.05, 0) is 19.1 Å². The molecule has 1 amide bonds. The molecule has 1 aromatic carbocycles. The molecule has 1 aromatic rings. The standard InChI is InChI=1S/C12H13Cl2NO4/c1-7(12(17)18)15-10(16)5-6-19-11-8(13)3-2-4-9(11)14/h2-4,7H,5-6H2,1H3,(H,15,16)(H,17,18). The van der Waals surface area contributed by atoms with Gasteiger partial charge >= 0.3 is 5.97 Å². The van der Waals surface area contributed by atoms with Gasteiger partial charge in [-0.25, -0.2) is 0 Å². The van der Waals surface area contributed by atoms with Gasteiger partial charge in [-0.2, -0.15) is 0 Å². The number of carboxylic acids is 1. The Morgan fingerprint density at radius 2 is 1.95 bits per heavy atom. The highest BCUT2D eigenvalue weighted by atomic mass is 35.5. The number of amides is 1. The van der Waals surface area contributed by atoms with E-state index in [1.807, 2.05) is 0 Å². The van der Waals surface area contributed by atoms with Gasteiger partial charge in [-0.1, -0.05) is 29.3 Å². The van der Waals surface area contributed by atoms with Crippen molar-refractivity contribution in [2.75, 3.05) is 6.61 Å². The van der Waals surface area contributed by atoms with Crippen molar-refractivity contribution in [3.05, 3.63) is 28.2 Å². The van der Waals surface area contributed by atoms with E-state index in [9.17, 15) is 9.59 Å². The highest BCUT2D eigenvalue weighted by molar-refractivity contribution is 6.37. The van der Waals surface area contributed by atoms with E-state index in [0.29, 0.717) is 15.8 Å². The van der Waals surface area contributed by atoms with Gasteiger partial charge in [-0.3, -0.25) is 9.59 Å². The Bertz CT molecular complexity index is 459. The zero-order valence-electron chi connectivity index (χ0n) is 10.2. The van der Waals surface area contributed by atoms with Crippen LogP contribution in [0.5, 0.6) is 5.75 Å². The topological polar surface area (TPSA) is 75.6 Å². The summed E-state index contributed by atoms with van der Waals surface area (Å²) < 4.78 is 5.31. The number of rotatable bonds is 6. The van der Waals surface area contributed by atoms with Crippen LogP contribution in [-0.4, -0.2) is 29.6 Å². The molecule has 1 rings (SSSR count). The Labute approximate surface area is 120 Å². The van der Waals surface area contributed by atoms with Gasteiger partial charge < -0.3 is 15.2 Å².